The van der Waals surface area contributed by atoms with E-state index in [0.717, 1.165) is 22.9 Å². The van der Waals surface area contributed by atoms with Gasteiger partial charge in [-0.2, -0.15) is 0 Å². The zero-order chi connectivity index (χ0) is 25.1. The largest absolute Gasteiger partial charge is 0.493 e. The van der Waals surface area contributed by atoms with Gasteiger partial charge in [-0.05, 0) is 53.3 Å². The number of methoxy groups -OCH3 is 1. The van der Waals surface area contributed by atoms with Crippen LogP contribution in [0.3, 0.4) is 0 Å². The number of sulfone groups is 1. The van der Waals surface area contributed by atoms with Gasteiger partial charge < -0.3 is 14.8 Å². The van der Waals surface area contributed by atoms with Gasteiger partial charge in [0.05, 0.1) is 12.8 Å². The van der Waals surface area contributed by atoms with Crippen LogP contribution >= 0.6 is 0 Å². The molecule has 0 fully saturated rings. The molecule has 0 atom stereocenters. The third kappa shape index (κ3) is 5.97. The summed E-state index contributed by atoms with van der Waals surface area (Å²) < 4.78 is 36.3. The molecule has 0 aromatic heterocycles. The number of amides is 1. The molecule has 3 rings (SSSR count). The maximum Gasteiger partial charge on any atom is 0.255 e. The molecule has 7 heteroatoms. The maximum atomic E-state index is 13.2. The molecule has 1 N–H and O–H groups in total. The predicted octanol–water partition coefficient (Wildman–Crippen LogP) is 5.54. The summed E-state index contributed by atoms with van der Waals surface area (Å²) >= 11 is 0. The molecule has 180 valence electrons. The van der Waals surface area contributed by atoms with Gasteiger partial charge in [-0.1, -0.05) is 57.2 Å². The summed E-state index contributed by atoms with van der Waals surface area (Å²) in [5.41, 5.74) is 3.03. The Morgan fingerprint density at radius 2 is 1.68 bits per heavy atom. The molecule has 1 amide bonds. The normalized spacial score (nSPS) is 11.7. The number of carbonyl (C=O) groups is 1. The second kappa shape index (κ2) is 9.89. The van der Waals surface area contributed by atoms with E-state index in [1.807, 2.05) is 64.1 Å². The van der Waals surface area contributed by atoms with Crippen LogP contribution in [0, 0.1) is 6.92 Å². The molecule has 0 saturated heterocycles. The molecule has 6 nitrogen and oxygen atoms in total. The second-order valence-corrected chi connectivity index (χ2v) is 11.3. The Balaban J connectivity index is 1.94. The van der Waals surface area contributed by atoms with Crippen molar-refractivity contribution in [1.82, 2.24) is 0 Å². The molecule has 0 aliphatic heterocycles. The van der Waals surface area contributed by atoms with Crippen LogP contribution in [0.15, 0.2) is 65.6 Å². The van der Waals surface area contributed by atoms with Crippen LogP contribution in [-0.4, -0.2) is 27.7 Å². The van der Waals surface area contributed by atoms with Crippen LogP contribution in [0.1, 0.15) is 47.8 Å². The van der Waals surface area contributed by atoms with Gasteiger partial charge in [-0.3, -0.25) is 4.79 Å². The van der Waals surface area contributed by atoms with E-state index in [4.69, 9.17) is 9.47 Å². The lowest BCUT2D eigenvalue weighted by Gasteiger charge is -2.23. The van der Waals surface area contributed by atoms with Crippen molar-refractivity contribution >= 4 is 21.4 Å². The molecule has 0 spiro atoms. The highest BCUT2D eigenvalue weighted by Crippen LogP contribution is 2.38. The van der Waals surface area contributed by atoms with Crippen LogP contribution in [0.5, 0.6) is 11.5 Å². The molecule has 3 aromatic rings. The van der Waals surface area contributed by atoms with E-state index in [-0.39, 0.29) is 16.1 Å². The lowest BCUT2D eigenvalue weighted by molar-refractivity contribution is 0.102. The Morgan fingerprint density at radius 1 is 1.00 bits per heavy atom. The molecular formula is C27H31NO5S. The van der Waals surface area contributed by atoms with Crippen LogP contribution in [0.2, 0.25) is 0 Å². The first-order valence-corrected chi connectivity index (χ1v) is 12.8. The number of aryl methyl sites for hydroxylation is 1. The first-order chi connectivity index (χ1) is 15.9. The van der Waals surface area contributed by atoms with Crippen LogP contribution in [-0.2, 0) is 21.9 Å². The lowest BCUT2D eigenvalue weighted by Crippen LogP contribution is -2.17. The van der Waals surface area contributed by atoms with E-state index in [9.17, 15) is 13.2 Å². The maximum absolute atomic E-state index is 13.2. The number of carbonyl (C=O) groups excluding carboxylic acids is 1. The topological polar surface area (TPSA) is 81.7 Å². The first kappa shape index (κ1) is 25.3. The quantitative estimate of drug-likeness (QED) is 0.479. The molecule has 0 unspecified atom stereocenters. The minimum Gasteiger partial charge on any atom is -0.493 e. The van der Waals surface area contributed by atoms with Crippen molar-refractivity contribution in [3.63, 3.8) is 0 Å². The molecule has 0 saturated carbocycles. The van der Waals surface area contributed by atoms with E-state index < -0.39 is 15.7 Å². The molecule has 0 heterocycles. The summed E-state index contributed by atoms with van der Waals surface area (Å²) in [5.74, 6) is 0.314. The number of nitrogens with one attached hydrogen (secondary N) is 1. The number of anilines is 1. The number of rotatable bonds is 7. The first-order valence-electron chi connectivity index (χ1n) is 10.9. The van der Waals surface area contributed by atoms with Gasteiger partial charge in [0.1, 0.15) is 17.3 Å². The number of benzene rings is 3. The zero-order valence-electron chi connectivity index (χ0n) is 20.4. The summed E-state index contributed by atoms with van der Waals surface area (Å²) in [4.78, 5) is 13.2. The molecular weight excluding hydrogens is 450 g/mol. The van der Waals surface area contributed by atoms with Crippen LogP contribution < -0.4 is 14.8 Å². The molecule has 0 aliphatic rings. The zero-order valence-corrected chi connectivity index (χ0v) is 21.2. The fraction of sp³-hybridized carbons (Fsp3) is 0.296. The van der Waals surface area contributed by atoms with Gasteiger partial charge in [0.25, 0.3) is 5.91 Å². The number of ether oxygens (including phenoxy) is 2. The Hall–Kier alpha value is -3.32. The molecule has 3 aromatic carbocycles. The van der Waals surface area contributed by atoms with E-state index >= 15 is 0 Å². The van der Waals surface area contributed by atoms with E-state index in [0.29, 0.717) is 23.6 Å². The van der Waals surface area contributed by atoms with Crippen molar-refractivity contribution < 1.29 is 22.7 Å². The van der Waals surface area contributed by atoms with Gasteiger partial charge in [-0.15, -0.1) is 0 Å². The highest BCUT2D eigenvalue weighted by atomic mass is 32.2. The Bertz CT molecular complexity index is 1290. The smallest absolute Gasteiger partial charge is 0.255 e. The molecule has 0 radical (unpaired) electrons. The van der Waals surface area contributed by atoms with E-state index in [2.05, 4.69) is 5.32 Å². The minimum atomic E-state index is -3.59. The average Bonchev–Trinajstić information content (AvgIpc) is 2.77. The van der Waals surface area contributed by atoms with Crippen LogP contribution in [0.4, 0.5) is 5.69 Å². The molecule has 34 heavy (non-hydrogen) atoms. The highest BCUT2D eigenvalue weighted by molar-refractivity contribution is 7.90. The summed E-state index contributed by atoms with van der Waals surface area (Å²) in [5, 5.41) is 2.84. The molecule has 0 aliphatic carbocycles. The number of hydrogen-bond acceptors (Lipinski definition) is 5. The third-order valence-electron chi connectivity index (χ3n) is 5.46. The van der Waals surface area contributed by atoms with E-state index in [1.165, 1.54) is 7.11 Å². The van der Waals surface area contributed by atoms with Crippen molar-refractivity contribution in [2.24, 2.45) is 0 Å². The monoisotopic (exact) mass is 481 g/mol. The second-order valence-electron chi connectivity index (χ2n) is 9.29. The fourth-order valence-corrected chi connectivity index (χ4v) is 4.31. The SMILES string of the molecule is COc1c(NC(=O)c2ccc(C)c(OCc3ccccc3)c2)cc(C(C)(C)C)cc1S(C)(=O)=O. The minimum absolute atomic E-state index is 0.0357. The standard InChI is InChI=1S/C27H31NO5S/c1-18-12-13-20(14-23(18)33-17-19-10-8-7-9-11-19)26(29)28-22-15-21(27(2,3)4)16-24(25(22)32-5)34(6,30)31/h7-16H,17H2,1-6H3,(H,28,29). The summed E-state index contributed by atoms with van der Waals surface area (Å²) in [6.45, 7) is 8.22. The summed E-state index contributed by atoms with van der Waals surface area (Å²) in [7, 11) is -2.21. The Morgan fingerprint density at radius 3 is 2.26 bits per heavy atom. The molecule has 0 bridgehead atoms. The average molecular weight is 482 g/mol. The third-order valence-corrected chi connectivity index (χ3v) is 6.56. The van der Waals surface area contributed by atoms with Gasteiger partial charge >= 0.3 is 0 Å². The Kier molecular flexibility index (Phi) is 7.36. The summed E-state index contributed by atoms with van der Waals surface area (Å²) in [6, 6.07) is 18.3. The van der Waals surface area contributed by atoms with Crippen molar-refractivity contribution in [3.05, 3.63) is 82.9 Å². The number of hydrogen-bond donors (Lipinski definition) is 1. The van der Waals surface area contributed by atoms with Crippen molar-refractivity contribution in [3.8, 4) is 11.5 Å². The van der Waals surface area contributed by atoms with Crippen molar-refractivity contribution in [2.45, 2.75) is 44.6 Å². The fourth-order valence-electron chi connectivity index (χ4n) is 3.44. The van der Waals surface area contributed by atoms with Gasteiger partial charge in [0.15, 0.2) is 15.6 Å². The van der Waals surface area contributed by atoms with E-state index in [1.54, 1.807) is 24.3 Å². The highest BCUT2D eigenvalue weighted by Gasteiger charge is 2.25. The van der Waals surface area contributed by atoms with Gasteiger partial charge in [0, 0.05) is 11.8 Å². The van der Waals surface area contributed by atoms with Gasteiger partial charge in [-0.25, -0.2) is 8.42 Å². The van der Waals surface area contributed by atoms with Crippen molar-refractivity contribution in [1.29, 1.82) is 0 Å². The lowest BCUT2D eigenvalue weighted by atomic mass is 9.86. The predicted molar refractivity (Wildman–Crippen MR) is 135 cm³/mol. The van der Waals surface area contributed by atoms with Gasteiger partial charge in [0.2, 0.25) is 0 Å². The Labute approximate surface area is 201 Å². The van der Waals surface area contributed by atoms with Crippen molar-refractivity contribution in [2.75, 3.05) is 18.7 Å². The summed E-state index contributed by atoms with van der Waals surface area (Å²) in [6.07, 6.45) is 1.12. The van der Waals surface area contributed by atoms with Crippen LogP contribution in [0.25, 0.3) is 0 Å².